The van der Waals surface area contributed by atoms with Crippen molar-refractivity contribution in [3.05, 3.63) is 0 Å². The summed E-state index contributed by atoms with van der Waals surface area (Å²) in [6, 6.07) is 0. The topological polar surface area (TPSA) is 86.6 Å². The Hall–Kier alpha value is -1.10. The van der Waals surface area contributed by atoms with Crippen LogP contribution in [0, 0.1) is 10.8 Å². The zero-order valence-corrected chi connectivity index (χ0v) is 6.33. The number of hydrogen-bond acceptors (Lipinski definition) is 3. The van der Waals surface area contributed by atoms with Gasteiger partial charge >= 0.3 is 11.9 Å². The van der Waals surface area contributed by atoms with Gasteiger partial charge in [0, 0.05) is 13.1 Å². The van der Waals surface area contributed by atoms with Crippen molar-refractivity contribution in [3.8, 4) is 0 Å². The van der Waals surface area contributed by atoms with Crippen LogP contribution in [0.3, 0.4) is 0 Å². The van der Waals surface area contributed by atoms with E-state index in [9.17, 15) is 9.59 Å². The van der Waals surface area contributed by atoms with Crippen LogP contribution in [-0.2, 0) is 9.59 Å². The quantitative estimate of drug-likeness (QED) is 0.503. The standard InChI is InChI=1S/C7H9NO4/c9-4(10)6-1-7(6,5(11)12)3-8-2-6/h8H,1-3H2,(H,9,10)(H,11,12). The van der Waals surface area contributed by atoms with Crippen LogP contribution in [0.25, 0.3) is 0 Å². The summed E-state index contributed by atoms with van der Waals surface area (Å²) in [7, 11) is 0. The van der Waals surface area contributed by atoms with E-state index < -0.39 is 22.8 Å². The summed E-state index contributed by atoms with van der Waals surface area (Å²) < 4.78 is 0. The van der Waals surface area contributed by atoms with E-state index in [2.05, 4.69) is 5.32 Å². The number of nitrogens with one attached hydrogen (secondary N) is 1. The summed E-state index contributed by atoms with van der Waals surface area (Å²) >= 11 is 0. The van der Waals surface area contributed by atoms with Gasteiger partial charge in [-0.15, -0.1) is 0 Å². The average molecular weight is 171 g/mol. The van der Waals surface area contributed by atoms with Crippen LogP contribution < -0.4 is 5.32 Å². The molecule has 3 N–H and O–H groups in total. The van der Waals surface area contributed by atoms with E-state index in [4.69, 9.17) is 10.2 Å². The fraction of sp³-hybridized carbons (Fsp3) is 0.714. The van der Waals surface area contributed by atoms with Gasteiger partial charge in [0.05, 0.1) is 10.8 Å². The van der Waals surface area contributed by atoms with Gasteiger partial charge in [0.15, 0.2) is 0 Å². The average Bonchev–Trinajstić information content (AvgIpc) is 2.52. The van der Waals surface area contributed by atoms with Gasteiger partial charge in [0.2, 0.25) is 0 Å². The third-order valence-electron chi connectivity index (χ3n) is 3.07. The molecule has 2 unspecified atom stereocenters. The first-order valence-corrected chi connectivity index (χ1v) is 3.73. The summed E-state index contributed by atoms with van der Waals surface area (Å²) in [5.74, 6) is -1.98. The third kappa shape index (κ3) is 0.546. The maximum Gasteiger partial charge on any atom is 0.312 e. The molecule has 1 aliphatic heterocycles. The van der Waals surface area contributed by atoms with Crippen LogP contribution in [0.1, 0.15) is 6.42 Å². The largest absolute Gasteiger partial charge is 0.481 e. The van der Waals surface area contributed by atoms with Crippen LogP contribution in [-0.4, -0.2) is 35.2 Å². The predicted octanol–water partition coefficient (Wildman–Crippen LogP) is -0.865. The molecule has 0 spiro atoms. The molecule has 12 heavy (non-hydrogen) atoms. The van der Waals surface area contributed by atoms with Crippen LogP contribution in [0.4, 0.5) is 0 Å². The molecule has 1 heterocycles. The van der Waals surface area contributed by atoms with Crippen molar-refractivity contribution in [2.24, 2.45) is 10.8 Å². The highest BCUT2D eigenvalue weighted by atomic mass is 16.4. The highest BCUT2D eigenvalue weighted by Gasteiger charge is 2.79. The first-order chi connectivity index (χ1) is 5.55. The summed E-state index contributed by atoms with van der Waals surface area (Å²) in [6.45, 7) is 0.573. The second-order valence-electron chi connectivity index (χ2n) is 3.55. The lowest BCUT2D eigenvalue weighted by molar-refractivity contribution is -0.151. The molecular weight excluding hydrogens is 162 g/mol. The molecule has 0 radical (unpaired) electrons. The molecule has 0 aromatic carbocycles. The lowest BCUT2D eigenvalue weighted by Gasteiger charge is -2.06. The Morgan fingerprint density at radius 1 is 1.08 bits per heavy atom. The summed E-state index contributed by atoms with van der Waals surface area (Å²) in [5.41, 5.74) is -2.03. The molecule has 66 valence electrons. The van der Waals surface area contributed by atoms with Gasteiger partial charge in [-0.3, -0.25) is 9.59 Å². The van der Waals surface area contributed by atoms with Crippen LogP contribution in [0.2, 0.25) is 0 Å². The Morgan fingerprint density at radius 2 is 1.50 bits per heavy atom. The molecule has 5 heteroatoms. The zero-order valence-electron chi connectivity index (χ0n) is 6.33. The molecule has 1 aliphatic carbocycles. The molecule has 2 atom stereocenters. The van der Waals surface area contributed by atoms with E-state index in [0.717, 1.165) is 0 Å². The number of fused-ring (bicyclic) bond motifs is 1. The van der Waals surface area contributed by atoms with Gasteiger partial charge in [-0.2, -0.15) is 0 Å². The van der Waals surface area contributed by atoms with E-state index in [1.807, 2.05) is 0 Å². The fourth-order valence-electron chi connectivity index (χ4n) is 2.14. The highest BCUT2D eigenvalue weighted by Crippen LogP contribution is 2.66. The lowest BCUT2D eigenvalue weighted by Crippen LogP contribution is -2.28. The van der Waals surface area contributed by atoms with Crippen molar-refractivity contribution in [2.75, 3.05) is 13.1 Å². The van der Waals surface area contributed by atoms with Gasteiger partial charge in [0.25, 0.3) is 0 Å². The van der Waals surface area contributed by atoms with Crippen molar-refractivity contribution in [1.29, 1.82) is 0 Å². The SMILES string of the molecule is O=C(O)C12CNCC1(C(=O)O)C2. The van der Waals surface area contributed by atoms with Gasteiger partial charge in [0.1, 0.15) is 0 Å². The Morgan fingerprint density at radius 3 is 1.75 bits per heavy atom. The molecule has 1 saturated carbocycles. The van der Waals surface area contributed by atoms with Crippen molar-refractivity contribution in [1.82, 2.24) is 5.32 Å². The monoisotopic (exact) mass is 171 g/mol. The molecule has 2 rings (SSSR count). The van der Waals surface area contributed by atoms with Gasteiger partial charge in [-0.25, -0.2) is 0 Å². The maximum atomic E-state index is 10.8. The van der Waals surface area contributed by atoms with Crippen LogP contribution in [0.15, 0.2) is 0 Å². The number of carboxylic acids is 2. The minimum atomic E-state index is -1.02. The van der Waals surface area contributed by atoms with Crippen molar-refractivity contribution < 1.29 is 19.8 Å². The van der Waals surface area contributed by atoms with E-state index in [0.29, 0.717) is 0 Å². The van der Waals surface area contributed by atoms with E-state index >= 15 is 0 Å². The highest BCUT2D eigenvalue weighted by molar-refractivity contribution is 5.94. The number of aliphatic carboxylic acids is 2. The second kappa shape index (κ2) is 1.80. The number of hydrogen-bond donors (Lipinski definition) is 3. The fourth-order valence-corrected chi connectivity index (χ4v) is 2.14. The molecule has 2 fully saturated rings. The van der Waals surface area contributed by atoms with Crippen LogP contribution >= 0.6 is 0 Å². The summed E-state index contributed by atoms with van der Waals surface area (Å²) in [6.07, 6.45) is 0.275. The molecule has 0 bridgehead atoms. The first-order valence-electron chi connectivity index (χ1n) is 3.73. The number of piperidine rings is 1. The van der Waals surface area contributed by atoms with Gasteiger partial charge in [-0.05, 0) is 6.42 Å². The number of rotatable bonds is 2. The Labute approximate surface area is 68.4 Å². The maximum absolute atomic E-state index is 10.8. The summed E-state index contributed by atoms with van der Waals surface area (Å²) in [5, 5.41) is 20.5. The third-order valence-corrected chi connectivity index (χ3v) is 3.07. The summed E-state index contributed by atoms with van der Waals surface area (Å²) in [4.78, 5) is 21.5. The first kappa shape index (κ1) is 7.54. The lowest BCUT2D eigenvalue weighted by atomic mass is 9.97. The molecule has 0 amide bonds. The number of carboxylic acid groups (broad SMARTS) is 2. The predicted molar refractivity (Wildman–Crippen MR) is 37.6 cm³/mol. The van der Waals surface area contributed by atoms with Gasteiger partial charge < -0.3 is 15.5 Å². The Bertz CT molecular complexity index is 251. The van der Waals surface area contributed by atoms with Crippen molar-refractivity contribution in [2.45, 2.75) is 6.42 Å². The van der Waals surface area contributed by atoms with E-state index in [1.54, 1.807) is 0 Å². The van der Waals surface area contributed by atoms with Crippen molar-refractivity contribution >= 4 is 11.9 Å². The molecule has 0 aromatic rings. The Kier molecular flexibility index (Phi) is 1.13. The number of carbonyl (C=O) groups is 2. The Balaban J connectivity index is 2.34. The second-order valence-corrected chi connectivity index (χ2v) is 3.55. The van der Waals surface area contributed by atoms with Gasteiger partial charge in [-0.1, -0.05) is 0 Å². The molecular formula is C7H9NO4. The minimum absolute atomic E-state index is 0.275. The molecule has 2 aliphatic rings. The molecule has 1 saturated heterocycles. The molecule has 5 nitrogen and oxygen atoms in total. The zero-order chi connectivity index (χ0) is 8.98. The van der Waals surface area contributed by atoms with Crippen molar-refractivity contribution in [3.63, 3.8) is 0 Å². The smallest absolute Gasteiger partial charge is 0.312 e. The normalized spacial score (nSPS) is 43.7. The minimum Gasteiger partial charge on any atom is -0.481 e. The van der Waals surface area contributed by atoms with E-state index in [1.165, 1.54) is 0 Å². The van der Waals surface area contributed by atoms with Crippen LogP contribution in [0.5, 0.6) is 0 Å². The molecule has 0 aromatic heterocycles. The van der Waals surface area contributed by atoms with E-state index in [-0.39, 0.29) is 19.5 Å².